The molecule has 0 bridgehead atoms. The van der Waals surface area contributed by atoms with Crippen LogP contribution in [0, 0.1) is 0 Å². The van der Waals surface area contributed by atoms with E-state index >= 15 is 0 Å². The van der Waals surface area contributed by atoms with Crippen LogP contribution in [-0.2, 0) is 7.05 Å². The molecule has 2 rings (SSSR count). The van der Waals surface area contributed by atoms with Crippen LogP contribution in [0.4, 0.5) is 0 Å². The largest absolute Gasteiger partial charge is 0.394 e. The number of hydrogen-bond donors (Lipinski definition) is 1. The zero-order chi connectivity index (χ0) is 12.4. The Morgan fingerprint density at radius 3 is 3.00 bits per heavy atom. The number of hydrogen-bond acceptors (Lipinski definition) is 3. The Labute approximate surface area is 99.3 Å². The van der Waals surface area contributed by atoms with Gasteiger partial charge >= 0.3 is 0 Å². The van der Waals surface area contributed by atoms with Gasteiger partial charge in [-0.25, -0.2) is 0 Å². The molecule has 1 N–H and O–H groups in total. The Kier molecular flexibility index (Phi) is 3.28. The van der Waals surface area contributed by atoms with E-state index in [0.29, 0.717) is 12.1 Å². The summed E-state index contributed by atoms with van der Waals surface area (Å²) in [6.45, 7) is 0.635. The normalized spacial score (nSPS) is 19.6. The molecule has 0 radical (unpaired) electrons. The lowest BCUT2D eigenvalue weighted by molar-refractivity contribution is 0.0677. The SMILES string of the molecule is Cn1ccc(C(=O)N2CCC[C@@H]2CO)cc1=O. The van der Waals surface area contributed by atoms with Gasteiger partial charge in [0, 0.05) is 31.4 Å². The number of aromatic nitrogens is 1. The Hall–Kier alpha value is -1.62. The lowest BCUT2D eigenvalue weighted by Gasteiger charge is -2.22. The van der Waals surface area contributed by atoms with Crippen LogP contribution in [-0.4, -0.2) is 39.7 Å². The van der Waals surface area contributed by atoms with Crippen LogP contribution in [0.15, 0.2) is 23.1 Å². The molecule has 1 aliphatic rings. The molecule has 1 aliphatic heterocycles. The second-order valence-electron chi connectivity index (χ2n) is 4.34. The van der Waals surface area contributed by atoms with Crippen molar-refractivity contribution in [2.24, 2.45) is 7.05 Å². The van der Waals surface area contributed by atoms with Crippen molar-refractivity contribution in [3.8, 4) is 0 Å². The Morgan fingerprint density at radius 2 is 2.35 bits per heavy atom. The highest BCUT2D eigenvalue weighted by Crippen LogP contribution is 2.19. The molecular formula is C12H16N2O3. The van der Waals surface area contributed by atoms with Crippen LogP contribution in [0.2, 0.25) is 0 Å². The number of amides is 1. The van der Waals surface area contributed by atoms with Crippen molar-refractivity contribution in [1.29, 1.82) is 0 Å². The molecule has 1 aromatic rings. The highest BCUT2D eigenvalue weighted by atomic mass is 16.3. The minimum absolute atomic E-state index is 0.0173. The quantitative estimate of drug-likeness (QED) is 0.785. The van der Waals surface area contributed by atoms with Gasteiger partial charge < -0.3 is 14.6 Å². The maximum absolute atomic E-state index is 12.1. The molecule has 0 saturated carbocycles. The topological polar surface area (TPSA) is 62.5 Å². The summed E-state index contributed by atoms with van der Waals surface area (Å²) in [7, 11) is 1.64. The molecule has 0 aromatic carbocycles. The predicted octanol–water partition coefficient (Wildman–Crippen LogP) is -0.0178. The highest BCUT2D eigenvalue weighted by molar-refractivity contribution is 5.94. The van der Waals surface area contributed by atoms with Gasteiger partial charge in [-0.15, -0.1) is 0 Å². The molecule has 5 nitrogen and oxygen atoms in total. The molecule has 1 aromatic heterocycles. The molecule has 1 fully saturated rings. The highest BCUT2D eigenvalue weighted by Gasteiger charge is 2.28. The van der Waals surface area contributed by atoms with Crippen molar-refractivity contribution in [2.45, 2.75) is 18.9 Å². The van der Waals surface area contributed by atoms with E-state index in [4.69, 9.17) is 0 Å². The average molecular weight is 236 g/mol. The average Bonchev–Trinajstić information content (AvgIpc) is 2.80. The van der Waals surface area contributed by atoms with E-state index in [0.717, 1.165) is 12.8 Å². The summed E-state index contributed by atoms with van der Waals surface area (Å²) in [5.41, 5.74) is 0.198. The third-order valence-electron chi connectivity index (χ3n) is 3.20. The number of pyridine rings is 1. The number of aryl methyl sites for hydroxylation is 1. The first kappa shape index (κ1) is 11.9. The van der Waals surface area contributed by atoms with E-state index in [9.17, 15) is 14.7 Å². The Balaban J connectivity index is 2.24. The smallest absolute Gasteiger partial charge is 0.254 e. The zero-order valence-corrected chi connectivity index (χ0v) is 9.80. The van der Waals surface area contributed by atoms with Crippen LogP contribution in [0.5, 0.6) is 0 Å². The summed E-state index contributed by atoms with van der Waals surface area (Å²) in [6, 6.07) is 2.87. The van der Waals surface area contributed by atoms with Crippen LogP contribution < -0.4 is 5.56 Å². The van der Waals surface area contributed by atoms with Crippen molar-refractivity contribution in [2.75, 3.05) is 13.2 Å². The summed E-state index contributed by atoms with van der Waals surface area (Å²) in [6.07, 6.45) is 3.31. The van der Waals surface area contributed by atoms with Crippen molar-refractivity contribution in [3.05, 3.63) is 34.2 Å². The van der Waals surface area contributed by atoms with E-state index in [2.05, 4.69) is 0 Å². The molecule has 0 unspecified atom stereocenters. The van der Waals surface area contributed by atoms with Crippen molar-refractivity contribution in [1.82, 2.24) is 9.47 Å². The maximum Gasteiger partial charge on any atom is 0.254 e. The van der Waals surface area contributed by atoms with Gasteiger partial charge in [0.1, 0.15) is 0 Å². The van der Waals surface area contributed by atoms with Gasteiger partial charge in [-0.2, -0.15) is 0 Å². The third kappa shape index (κ3) is 2.24. The van der Waals surface area contributed by atoms with E-state index in [1.807, 2.05) is 0 Å². The first-order valence-electron chi connectivity index (χ1n) is 5.72. The second kappa shape index (κ2) is 4.71. The van der Waals surface area contributed by atoms with Crippen LogP contribution in [0.3, 0.4) is 0 Å². The number of likely N-dealkylation sites (tertiary alicyclic amines) is 1. The van der Waals surface area contributed by atoms with Gasteiger partial charge in [0.05, 0.1) is 12.6 Å². The summed E-state index contributed by atoms with van der Waals surface area (Å²) in [5.74, 6) is -0.167. The lowest BCUT2D eigenvalue weighted by atomic mass is 10.2. The van der Waals surface area contributed by atoms with E-state index in [1.165, 1.54) is 10.6 Å². The number of carbonyl (C=O) groups is 1. The number of aliphatic hydroxyl groups is 1. The summed E-state index contributed by atoms with van der Waals surface area (Å²) in [4.78, 5) is 25.2. The molecule has 0 aliphatic carbocycles. The van der Waals surface area contributed by atoms with Gasteiger partial charge in [0.15, 0.2) is 0 Å². The number of carbonyl (C=O) groups excluding carboxylic acids is 1. The first-order valence-corrected chi connectivity index (χ1v) is 5.72. The van der Waals surface area contributed by atoms with Crippen molar-refractivity contribution in [3.63, 3.8) is 0 Å². The fraction of sp³-hybridized carbons (Fsp3) is 0.500. The molecule has 5 heteroatoms. The van der Waals surface area contributed by atoms with Gasteiger partial charge in [-0.3, -0.25) is 9.59 Å². The van der Waals surface area contributed by atoms with Gasteiger partial charge in [-0.1, -0.05) is 0 Å². The predicted molar refractivity (Wildman–Crippen MR) is 62.8 cm³/mol. The van der Waals surface area contributed by atoms with Crippen molar-refractivity contribution >= 4 is 5.91 Å². The molecule has 0 spiro atoms. The standard InChI is InChI=1S/C12H16N2O3/c1-13-6-4-9(7-11(13)16)12(17)14-5-2-3-10(14)8-15/h4,6-7,10,15H,2-3,5,8H2,1H3/t10-/m1/s1. The monoisotopic (exact) mass is 236 g/mol. The molecule has 92 valence electrons. The molecule has 1 atom stereocenters. The minimum atomic E-state index is -0.199. The second-order valence-corrected chi connectivity index (χ2v) is 4.34. The van der Waals surface area contributed by atoms with Gasteiger partial charge in [0.25, 0.3) is 11.5 Å². The molecule has 17 heavy (non-hydrogen) atoms. The fourth-order valence-electron chi connectivity index (χ4n) is 2.14. The zero-order valence-electron chi connectivity index (χ0n) is 9.80. The summed E-state index contributed by atoms with van der Waals surface area (Å²) < 4.78 is 1.42. The molecule has 2 heterocycles. The number of rotatable bonds is 2. The van der Waals surface area contributed by atoms with Gasteiger partial charge in [-0.05, 0) is 18.9 Å². The van der Waals surface area contributed by atoms with E-state index in [-0.39, 0.29) is 24.1 Å². The summed E-state index contributed by atoms with van der Waals surface area (Å²) >= 11 is 0. The summed E-state index contributed by atoms with van der Waals surface area (Å²) in [5, 5.41) is 9.17. The Morgan fingerprint density at radius 1 is 1.59 bits per heavy atom. The molecule has 1 amide bonds. The maximum atomic E-state index is 12.1. The van der Waals surface area contributed by atoms with Crippen LogP contribution in [0.25, 0.3) is 0 Å². The number of aliphatic hydroxyl groups excluding tert-OH is 1. The Bertz CT molecular complexity index is 481. The third-order valence-corrected chi connectivity index (χ3v) is 3.20. The molecule has 1 saturated heterocycles. The van der Waals surface area contributed by atoms with Crippen molar-refractivity contribution < 1.29 is 9.90 Å². The first-order chi connectivity index (χ1) is 8.13. The lowest BCUT2D eigenvalue weighted by Crippen LogP contribution is -2.38. The van der Waals surface area contributed by atoms with E-state index in [1.54, 1.807) is 24.2 Å². The fourth-order valence-corrected chi connectivity index (χ4v) is 2.14. The van der Waals surface area contributed by atoms with Gasteiger partial charge in [0.2, 0.25) is 0 Å². The molecular weight excluding hydrogens is 220 g/mol. The van der Waals surface area contributed by atoms with E-state index < -0.39 is 0 Å². The minimum Gasteiger partial charge on any atom is -0.394 e. The van der Waals surface area contributed by atoms with Crippen LogP contribution in [0.1, 0.15) is 23.2 Å². The number of nitrogens with zero attached hydrogens (tertiary/aromatic N) is 2. The van der Waals surface area contributed by atoms with Crippen LogP contribution >= 0.6 is 0 Å².